The summed E-state index contributed by atoms with van der Waals surface area (Å²) in [5, 5.41) is 15.8. The Labute approximate surface area is 234 Å². The molecule has 3 aromatic carbocycles. The SMILES string of the molecule is CC(C)(C)OC(=O)N1CCC2(C(=O)Nc3ccccc32)C1c1cccc(Nc2ccc(CO)c(S(C)(=O)=O)c2)c1. The second kappa shape index (κ2) is 9.94. The van der Waals surface area contributed by atoms with Crippen LogP contribution < -0.4 is 10.6 Å². The van der Waals surface area contributed by atoms with E-state index in [1.807, 2.05) is 48.5 Å². The van der Waals surface area contributed by atoms with Crippen molar-refractivity contribution in [2.24, 2.45) is 0 Å². The molecule has 2 aliphatic heterocycles. The number of nitrogens with one attached hydrogen (secondary N) is 2. The monoisotopic (exact) mass is 563 g/mol. The zero-order valence-corrected chi connectivity index (χ0v) is 23.7. The molecule has 5 rings (SSSR count). The van der Waals surface area contributed by atoms with E-state index in [4.69, 9.17) is 4.74 Å². The van der Waals surface area contributed by atoms with Crippen LogP contribution in [-0.2, 0) is 31.4 Å². The first kappa shape index (κ1) is 27.7. The number of carbonyl (C=O) groups excluding carboxylic acids is 2. The van der Waals surface area contributed by atoms with Crippen LogP contribution in [0.15, 0.2) is 71.6 Å². The van der Waals surface area contributed by atoms with Crippen LogP contribution in [-0.4, -0.2) is 48.8 Å². The molecule has 40 heavy (non-hydrogen) atoms. The standard InChI is InChI=1S/C30H33N3O6S/c1-29(2,3)39-28(36)33-15-14-30(23-10-5-6-11-24(23)32-27(30)35)26(33)19-8-7-9-21(16-19)31-22-13-12-20(18-34)25(17-22)40(4,37)38/h5-13,16-17,26,31,34H,14-15,18H2,1-4H3,(H,32,35). The largest absolute Gasteiger partial charge is 0.444 e. The van der Waals surface area contributed by atoms with Crippen molar-refractivity contribution in [2.45, 2.75) is 55.8 Å². The van der Waals surface area contributed by atoms with Crippen molar-refractivity contribution in [3.05, 3.63) is 83.4 Å². The van der Waals surface area contributed by atoms with Crippen molar-refractivity contribution in [3.8, 4) is 0 Å². The van der Waals surface area contributed by atoms with Gasteiger partial charge in [-0.15, -0.1) is 0 Å². The zero-order valence-electron chi connectivity index (χ0n) is 22.9. The van der Waals surface area contributed by atoms with E-state index < -0.39 is 39.6 Å². The van der Waals surface area contributed by atoms with Crippen LogP contribution in [0.2, 0.25) is 0 Å². The predicted octanol–water partition coefficient (Wildman–Crippen LogP) is 4.90. The third kappa shape index (κ3) is 4.93. The molecule has 1 saturated heterocycles. The molecule has 2 heterocycles. The summed E-state index contributed by atoms with van der Waals surface area (Å²) in [4.78, 5) is 28.8. The number of fused-ring (bicyclic) bond motifs is 2. The normalized spacial score (nSPS) is 20.4. The van der Waals surface area contributed by atoms with Crippen LogP contribution in [0.1, 0.15) is 49.9 Å². The van der Waals surface area contributed by atoms with Gasteiger partial charge in [-0.3, -0.25) is 9.69 Å². The molecule has 3 aromatic rings. The number of likely N-dealkylation sites (tertiary alicyclic amines) is 1. The number of sulfone groups is 1. The van der Waals surface area contributed by atoms with Crippen molar-refractivity contribution in [2.75, 3.05) is 23.4 Å². The molecule has 2 atom stereocenters. The molecule has 2 unspecified atom stereocenters. The molecule has 2 aliphatic rings. The van der Waals surface area contributed by atoms with Crippen LogP contribution in [0.4, 0.5) is 21.9 Å². The van der Waals surface area contributed by atoms with E-state index >= 15 is 0 Å². The minimum atomic E-state index is -3.57. The maximum Gasteiger partial charge on any atom is 0.410 e. The fourth-order valence-corrected chi connectivity index (χ4v) is 6.68. The molecule has 1 spiro atoms. The number of amides is 2. The fraction of sp³-hybridized carbons (Fsp3) is 0.333. The summed E-state index contributed by atoms with van der Waals surface area (Å²) < 4.78 is 30.3. The summed E-state index contributed by atoms with van der Waals surface area (Å²) in [5.41, 5.74) is 2.06. The van der Waals surface area contributed by atoms with Crippen molar-refractivity contribution in [1.82, 2.24) is 4.90 Å². The summed E-state index contributed by atoms with van der Waals surface area (Å²) in [7, 11) is -3.57. The molecule has 2 amide bonds. The van der Waals surface area contributed by atoms with Crippen molar-refractivity contribution < 1.29 is 27.9 Å². The van der Waals surface area contributed by atoms with Gasteiger partial charge in [-0.1, -0.05) is 36.4 Å². The van der Waals surface area contributed by atoms with Gasteiger partial charge in [-0.05, 0) is 74.2 Å². The minimum absolute atomic E-state index is 0.0428. The highest BCUT2D eigenvalue weighted by molar-refractivity contribution is 7.90. The number of rotatable bonds is 5. The van der Waals surface area contributed by atoms with Gasteiger partial charge in [-0.25, -0.2) is 13.2 Å². The average Bonchev–Trinajstić information content (AvgIpc) is 3.42. The summed E-state index contributed by atoms with van der Waals surface area (Å²) in [6, 6.07) is 19.0. The molecular weight excluding hydrogens is 530 g/mol. The Morgan fingerprint density at radius 3 is 2.52 bits per heavy atom. The average molecular weight is 564 g/mol. The molecule has 0 aromatic heterocycles. The lowest BCUT2D eigenvalue weighted by Gasteiger charge is -2.35. The Morgan fingerprint density at radius 1 is 1.10 bits per heavy atom. The smallest absolute Gasteiger partial charge is 0.410 e. The van der Waals surface area contributed by atoms with E-state index in [1.165, 1.54) is 6.07 Å². The van der Waals surface area contributed by atoms with Crippen LogP contribution >= 0.6 is 0 Å². The first-order valence-corrected chi connectivity index (χ1v) is 14.9. The lowest BCUT2D eigenvalue weighted by molar-refractivity contribution is -0.121. The fourth-order valence-electron chi connectivity index (χ4n) is 5.73. The number of benzene rings is 3. The van der Waals surface area contributed by atoms with Crippen molar-refractivity contribution in [1.29, 1.82) is 0 Å². The number of hydrogen-bond donors (Lipinski definition) is 3. The quantitative estimate of drug-likeness (QED) is 0.403. The summed E-state index contributed by atoms with van der Waals surface area (Å²) in [6.07, 6.45) is 1.03. The first-order chi connectivity index (χ1) is 18.8. The topological polar surface area (TPSA) is 125 Å². The van der Waals surface area contributed by atoms with E-state index in [9.17, 15) is 23.1 Å². The van der Waals surface area contributed by atoms with Gasteiger partial charge >= 0.3 is 6.09 Å². The Kier molecular flexibility index (Phi) is 6.87. The molecule has 0 bridgehead atoms. The molecule has 10 heteroatoms. The highest BCUT2D eigenvalue weighted by Gasteiger charge is 2.60. The summed E-state index contributed by atoms with van der Waals surface area (Å²) >= 11 is 0. The van der Waals surface area contributed by atoms with Gasteiger partial charge < -0.3 is 20.5 Å². The molecule has 9 nitrogen and oxygen atoms in total. The van der Waals surface area contributed by atoms with E-state index in [0.717, 1.165) is 23.1 Å². The second-order valence-electron chi connectivity index (χ2n) is 11.3. The first-order valence-electron chi connectivity index (χ1n) is 13.0. The number of ether oxygens (including phenoxy) is 1. The van der Waals surface area contributed by atoms with Gasteiger partial charge in [0, 0.05) is 29.9 Å². The van der Waals surface area contributed by atoms with Gasteiger partial charge in [-0.2, -0.15) is 0 Å². The van der Waals surface area contributed by atoms with Gasteiger partial charge in [0.05, 0.1) is 17.5 Å². The Morgan fingerprint density at radius 2 is 1.82 bits per heavy atom. The molecule has 0 saturated carbocycles. The molecule has 210 valence electrons. The van der Waals surface area contributed by atoms with Crippen LogP contribution in [0.25, 0.3) is 0 Å². The van der Waals surface area contributed by atoms with Crippen molar-refractivity contribution >= 4 is 38.9 Å². The number of hydrogen-bond acceptors (Lipinski definition) is 7. The lowest BCUT2D eigenvalue weighted by atomic mass is 9.72. The molecule has 0 radical (unpaired) electrons. The van der Waals surface area contributed by atoms with Crippen LogP contribution in [0.5, 0.6) is 0 Å². The van der Waals surface area contributed by atoms with E-state index in [0.29, 0.717) is 29.9 Å². The van der Waals surface area contributed by atoms with E-state index in [1.54, 1.807) is 37.8 Å². The predicted molar refractivity (Wildman–Crippen MR) is 152 cm³/mol. The number of carbonyl (C=O) groups is 2. The lowest BCUT2D eigenvalue weighted by Crippen LogP contribution is -2.44. The maximum absolute atomic E-state index is 13.7. The van der Waals surface area contributed by atoms with Crippen LogP contribution in [0.3, 0.4) is 0 Å². The molecule has 0 aliphatic carbocycles. The summed E-state index contributed by atoms with van der Waals surface area (Å²) in [6.45, 7) is 5.35. The zero-order chi connectivity index (χ0) is 28.9. The third-order valence-electron chi connectivity index (χ3n) is 7.34. The Balaban J connectivity index is 1.58. The number of para-hydroxylation sites is 1. The Hall–Kier alpha value is -3.89. The number of aliphatic hydroxyl groups is 1. The maximum atomic E-state index is 13.7. The van der Waals surface area contributed by atoms with Crippen LogP contribution in [0, 0.1) is 0 Å². The van der Waals surface area contributed by atoms with Crippen molar-refractivity contribution in [3.63, 3.8) is 0 Å². The molecular formula is C30H33N3O6S. The summed E-state index contributed by atoms with van der Waals surface area (Å²) in [5.74, 6) is -0.166. The minimum Gasteiger partial charge on any atom is -0.444 e. The second-order valence-corrected chi connectivity index (χ2v) is 13.3. The van der Waals surface area contributed by atoms with Gasteiger partial charge in [0.2, 0.25) is 5.91 Å². The molecule has 1 fully saturated rings. The highest BCUT2D eigenvalue weighted by atomic mass is 32.2. The number of anilines is 3. The van der Waals surface area contributed by atoms with E-state index in [-0.39, 0.29) is 10.8 Å². The molecule has 3 N–H and O–H groups in total. The van der Waals surface area contributed by atoms with Gasteiger partial charge in [0.25, 0.3) is 0 Å². The number of aliphatic hydroxyl groups excluding tert-OH is 1. The van der Waals surface area contributed by atoms with E-state index in [2.05, 4.69) is 10.6 Å². The Bertz CT molecular complexity index is 1600. The highest BCUT2D eigenvalue weighted by Crippen LogP contribution is 2.55. The number of nitrogens with zero attached hydrogens (tertiary/aromatic N) is 1. The van der Waals surface area contributed by atoms with Gasteiger partial charge in [0.1, 0.15) is 11.0 Å². The third-order valence-corrected chi connectivity index (χ3v) is 8.52. The van der Waals surface area contributed by atoms with Gasteiger partial charge in [0.15, 0.2) is 9.84 Å².